The fraction of sp³-hybridized carbons (Fsp3) is 0.538. The van der Waals surface area contributed by atoms with E-state index < -0.39 is 12.1 Å². The van der Waals surface area contributed by atoms with Crippen molar-refractivity contribution in [3.8, 4) is 0 Å². The summed E-state index contributed by atoms with van der Waals surface area (Å²) in [6, 6.07) is 7.16. The Morgan fingerprint density at radius 1 is 1.27 bits per heavy atom. The Bertz CT molecular complexity index is 894. The van der Waals surface area contributed by atoms with Gasteiger partial charge < -0.3 is 19.7 Å². The summed E-state index contributed by atoms with van der Waals surface area (Å²) >= 11 is 1.52. The number of esters is 2. The van der Waals surface area contributed by atoms with Gasteiger partial charge in [-0.2, -0.15) is 0 Å². The monoisotopic (exact) mass is 474 g/mol. The number of hydrogen-bond acceptors (Lipinski definition) is 7. The Labute approximate surface area is 200 Å². The summed E-state index contributed by atoms with van der Waals surface area (Å²) in [5.41, 5.74) is 1.51. The summed E-state index contributed by atoms with van der Waals surface area (Å²) in [7, 11) is 1.35. The van der Waals surface area contributed by atoms with E-state index in [-0.39, 0.29) is 29.8 Å². The van der Waals surface area contributed by atoms with E-state index in [1.165, 1.54) is 32.2 Å². The second kappa shape index (κ2) is 11.4. The van der Waals surface area contributed by atoms with Gasteiger partial charge in [-0.15, -0.1) is 11.8 Å². The van der Waals surface area contributed by atoms with Crippen LogP contribution in [0.1, 0.15) is 68.3 Å². The first kappa shape index (κ1) is 25.5. The fourth-order valence-electron chi connectivity index (χ4n) is 4.61. The van der Waals surface area contributed by atoms with E-state index in [1.54, 1.807) is 12.1 Å². The van der Waals surface area contributed by atoms with Crippen LogP contribution < -0.4 is 0 Å². The smallest absolute Gasteiger partial charge is 0.337 e. The molecular formula is C26H34O6S. The van der Waals surface area contributed by atoms with E-state index in [0.29, 0.717) is 23.5 Å². The lowest BCUT2D eigenvalue weighted by Crippen LogP contribution is -2.40. The lowest BCUT2D eigenvalue weighted by atomic mass is 9.63. The van der Waals surface area contributed by atoms with E-state index in [4.69, 9.17) is 9.47 Å². The predicted molar refractivity (Wildman–Crippen MR) is 128 cm³/mol. The number of ether oxygens (including phenoxy) is 2. The zero-order valence-corrected chi connectivity index (χ0v) is 20.4. The van der Waals surface area contributed by atoms with Gasteiger partial charge in [0, 0.05) is 29.9 Å². The van der Waals surface area contributed by atoms with Gasteiger partial charge in [0.2, 0.25) is 0 Å². The number of rotatable bonds is 10. The summed E-state index contributed by atoms with van der Waals surface area (Å²) in [4.78, 5) is 24.1. The van der Waals surface area contributed by atoms with Crippen molar-refractivity contribution in [2.24, 2.45) is 11.3 Å². The van der Waals surface area contributed by atoms with Gasteiger partial charge in [0.1, 0.15) is 5.76 Å². The molecule has 0 aromatic heterocycles. The molecule has 1 saturated carbocycles. The van der Waals surface area contributed by atoms with E-state index in [2.05, 4.69) is 6.92 Å². The van der Waals surface area contributed by atoms with E-state index in [0.717, 1.165) is 29.7 Å². The minimum atomic E-state index is -0.680. The molecule has 0 saturated heterocycles. The van der Waals surface area contributed by atoms with Gasteiger partial charge >= 0.3 is 11.9 Å². The average molecular weight is 475 g/mol. The van der Waals surface area contributed by atoms with Gasteiger partial charge in [0.05, 0.1) is 24.9 Å². The number of hydrogen-bond donors (Lipinski definition) is 2. The van der Waals surface area contributed by atoms with Gasteiger partial charge in [-0.25, -0.2) is 4.79 Å². The summed E-state index contributed by atoms with van der Waals surface area (Å²) in [6.07, 6.45) is 7.94. The zero-order valence-electron chi connectivity index (χ0n) is 19.6. The van der Waals surface area contributed by atoms with E-state index in [9.17, 15) is 19.8 Å². The first-order chi connectivity index (χ1) is 15.8. The van der Waals surface area contributed by atoms with E-state index >= 15 is 0 Å². The molecule has 1 aromatic rings. The van der Waals surface area contributed by atoms with Crippen molar-refractivity contribution >= 4 is 23.7 Å². The highest BCUT2D eigenvalue weighted by Crippen LogP contribution is 2.48. The molecule has 2 aliphatic carbocycles. The molecule has 2 N–H and O–H groups in total. The molecule has 0 heterocycles. The first-order valence-corrected chi connectivity index (χ1v) is 12.5. The van der Waals surface area contributed by atoms with Crippen molar-refractivity contribution < 1.29 is 29.3 Å². The van der Waals surface area contributed by atoms with E-state index in [1.807, 2.05) is 24.3 Å². The highest BCUT2D eigenvalue weighted by molar-refractivity contribution is 8.02. The van der Waals surface area contributed by atoms with Crippen molar-refractivity contribution in [2.45, 2.75) is 70.3 Å². The number of carbonyl (C=O) groups excluding carboxylic acids is 2. The highest BCUT2D eigenvalue weighted by Gasteiger charge is 2.41. The maximum atomic E-state index is 11.6. The average Bonchev–Trinajstić information content (AvgIpc) is 3.05. The molecule has 0 aliphatic heterocycles. The topological polar surface area (TPSA) is 93.1 Å². The number of carbonyl (C=O) groups is 2. The van der Waals surface area contributed by atoms with Gasteiger partial charge in [-0.1, -0.05) is 37.6 Å². The van der Waals surface area contributed by atoms with Crippen LogP contribution in [-0.4, -0.2) is 41.5 Å². The second-order valence-electron chi connectivity index (χ2n) is 8.90. The highest BCUT2D eigenvalue weighted by atomic mass is 32.2. The minimum Gasteiger partial charge on any atom is -0.465 e. The molecule has 3 atom stereocenters. The SMILES string of the molecule is CCC1(C(O)C/C=C/[C@@H]2C(SCc3ccc(C(=O)OC)cc3)=C(OC(C)=O)C[C@H]2O)CCC1. The van der Waals surface area contributed by atoms with Crippen LogP contribution in [0.3, 0.4) is 0 Å². The second-order valence-corrected chi connectivity index (χ2v) is 9.92. The number of aliphatic hydroxyl groups is 2. The van der Waals surface area contributed by atoms with Crippen LogP contribution in [0.2, 0.25) is 0 Å². The van der Waals surface area contributed by atoms with Crippen LogP contribution in [0.5, 0.6) is 0 Å². The Kier molecular flexibility index (Phi) is 8.79. The number of methoxy groups -OCH3 is 1. The number of aliphatic hydroxyl groups excluding tert-OH is 2. The standard InChI is InChI=1S/C26H34O6S/c1-4-26(13-6-14-26)23(29)8-5-7-20-21(28)15-22(32-17(2)27)24(20)33-16-18-9-11-19(12-10-18)25(30)31-3/h5,7,9-12,20-21,23,28-29H,4,6,8,13-16H2,1-3H3/b7-5+/t20-,21+,23?/m0/s1. The maximum absolute atomic E-state index is 11.6. The Hall–Kier alpha value is -2.09. The van der Waals surface area contributed by atoms with Crippen molar-refractivity contribution in [1.82, 2.24) is 0 Å². The molecule has 0 radical (unpaired) electrons. The van der Waals surface area contributed by atoms with Crippen LogP contribution in [-0.2, 0) is 20.0 Å². The molecular weight excluding hydrogens is 440 g/mol. The van der Waals surface area contributed by atoms with Crippen molar-refractivity contribution in [2.75, 3.05) is 7.11 Å². The van der Waals surface area contributed by atoms with Crippen LogP contribution in [0, 0.1) is 11.3 Å². The van der Waals surface area contributed by atoms with Crippen molar-refractivity contribution in [3.63, 3.8) is 0 Å². The summed E-state index contributed by atoms with van der Waals surface area (Å²) in [5, 5.41) is 21.4. The number of benzene rings is 1. The van der Waals surface area contributed by atoms with Crippen molar-refractivity contribution in [3.05, 3.63) is 58.2 Å². The van der Waals surface area contributed by atoms with Crippen LogP contribution >= 0.6 is 11.8 Å². The first-order valence-electron chi connectivity index (χ1n) is 11.5. The zero-order chi connectivity index (χ0) is 24.0. The Morgan fingerprint density at radius 2 is 1.97 bits per heavy atom. The summed E-state index contributed by atoms with van der Waals surface area (Å²) in [5.74, 6) is 0.0234. The number of thioether (sulfide) groups is 1. The summed E-state index contributed by atoms with van der Waals surface area (Å²) < 4.78 is 10.2. The molecule has 1 unspecified atom stereocenters. The quantitative estimate of drug-likeness (QED) is 0.373. The maximum Gasteiger partial charge on any atom is 0.337 e. The lowest BCUT2D eigenvalue weighted by Gasteiger charge is -2.45. The van der Waals surface area contributed by atoms with Gasteiger partial charge in [0.25, 0.3) is 0 Å². The lowest BCUT2D eigenvalue weighted by molar-refractivity contribution is -0.137. The third-order valence-electron chi connectivity index (χ3n) is 6.89. The third-order valence-corrected chi connectivity index (χ3v) is 8.17. The Balaban J connectivity index is 1.70. The van der Waals surface area contributed by atoms with Crippen LogP contribution in [0.25, 0.3) is 0 Å². The van der Waals surface area contributed by atoms with Gasteiger partial charge in [-0.3, -0.25) is 4.79 Å². The molecule has 3 rings (SSSR count). The molecule has 0 spiro atoms. The molecule has 1 aromatic carbocycles. The predicted octanol–water partition coefficient (Wildman–Crippen LogP) is 4.75. The molecule has 0 amide bonds. The molecule has 0 bridgehead atoms. The largest absolute Gasteiger partial charge is 0.465 e. The van der Waals surface area contributed by atoms with Crippen LogP contribution in [0.4, 0.5) is 0 Å². The van der Waals surface area contributed by atoms with Crippen LogP contribution in [0.15, 0.2) is 47.1 Å². The fourth-order valence-corrected chi connectivity index (χ4v) is 5.84. The molecule has 2 aliphatic rings. The molecule has 1 fully saturated rings. The van der Waals surface area contributed by atoms with Crippen molar-refractivity contribution in [1.29, 1.82) is 0 Å². The minimum absolute atomic E-state index is 0.0330. The molecule has 180 valence electrons. The molecule has 6 nitrogen and oxygen atoms in total. The summed E-state index contributed by atoms with van der Waals surface area (Å²) in [6.45, 7) is 3.49. The Morgan fingerprint density at radius 3 is 2.52 bits per heavy atom. The van der Waals surface area contributed by atoms with Gasteiger partial charge in [-0.05, 0) is 48.8 Å². The molecule has 7 heteroatoms. The van der Waals surface area contributed by atoms with Gasteiger partial charge in [0.15, 0.2) is 0 Å². The normalized spacial score (nSPS) is 22.8. The molecule has 33 heavy (non-hydrogen) atoms. The third kappa shape index (κ3) is 6.08.